The Morgan fingerprint density at radius 3 is 2.56 bits per heavy atom. The summed E-state index contributed by atoms with van der Waals surface area (Å²) in [6.07, 6.45) is 0. The number of aliphatic hydroxyl groups is 1. The van der Waals surface area contributed by atoms with E-state index in [9.17, 15) is 17.6 Å². The molecule has 0 amide bonds. The summed E-state index contributed by atoms with van der Waals surface area (Å²) in [5.41, 5.74) is 0. The summed E-state index contributed by atoms with van der Waals surface area (Å²) in [6.45, 7) is -0.909. The molecule has 9 heteroatoms. The quantitative estimate of drug-likeness (QED) is 0.715. The van der Waals surface area contributed by atoms with Crippen molar-refractivity contribution in [3.05, 3.63) is 28.5 Å². The van der Waals surface area contributed by atoms with Crippen LogP contribution in [-0.2, 0) is 14.8 Å². The molecule has 1 atom stereocenters. The van der Waals surface area contributed by atoms with Gasteiger partial charge in [-0.05, 0) is 34.1 Å². The molecule has 18 heavy (non-hydrogen) atoms. The van der Waals surface area contributed by atoms with Crippen molar-refractivity contribution >= 4 is 31.9 Å². The summed E-state index contributed by atoms with van der Waals surface area (Å²) < 4.78 is 38.4. The highest BCUT2D eigenvalue weighted by Gasteiger charge is 2.25. The van der Waals surface area contributed by atoms with E-state index in [2.05, 4.69) is 15.9 Å². The Morgan fingerprint density at radius 2 is 2.11 bits per heavy atom. The van der Waals surface area contributed by atoms with Gasteiger partial charge >= 0.3 is 5.97 Å². The molecule has 0 fully saturated rings. The average molecular weight is 342 g/mol. The van der Waals surface area contributed by atoms with E-state index in [0.717, 1.165) is 12.1 Å². The normalized spacial score (nSPS) is 13.3. The minimum absolute atomic E-state index is 0.0818. The Hall–Kier alpha value is -1.03. The molecule has 0 aliphatic rings. The zero-order valence-electron chi connectivity index (χ0n) is 8.80. The van der Waals surface area contributed by atoms with Crippen molar-refractivity contribution in [2.24, 2.45) is 0 Å². The molecule has 1 aromatic rings. The standard InChI is InChI=1S/C9H9BrFNO5S/c10-6-2-1-5(3-7(6)11)18(16,17)12-8(4-13)9(14)15/h1-3,8,12-13H,4H2,(H,14,15). The summed E-state index contributed by atoms with van der Waals surface area (Å²) >= 11 is 2.86. The highest BCUT2D eigenvalue weighted by molar-refractivity contribution is 9.10. The SMILES string of the molecule is O=C(O)C(CO)NS(=O)(=O)c1ccc(Br)c(F)c1. The first-order chi connectivity index (χ1) is 8.27. The van der Waals surface area contributed by atoms with Gasteiger partial charge in [-0.1, -0.05) is 0 Å². The molecule has 0 aliphatic heterocycles. The summed E-state index contributed by atoms with van der Waals surface area (Å²) in [7, 11) is -4.21. The number of aliphatic hydroxyl groups excluding tert-OH is 1. The van der Waals surface area contributed by atoms with Crippen LogP contribution in [0, 0.1) is 5.82 Å². The van der Waals surface area contributed by atoms with Gasteiger partial charge < -0.3 is 10.2 Å². The highest BCUT2D eigenvalue weighted by Crippen LogP contribution is 2.19. The molecule has 6 nitrogen and oxygen atoms in total. The van der Waals surface area contributed by atoms with Crippen LogP contribution in [0.1, 0.15) is 0 Å². The second-order valence-corrected chi connectivity index (χ2v) is 5.84. The average Bonchev–Trinajstić information content (AvgIpc) is 2.29. The van der Waals surface area contributed by atoms with Crippen molar-refractivity contribution in [2.75, 3.05) is 6.61 Å². The van der Waals surface area contributed by atoms with Gasteiger partial charge in [-0.15, -0.1) is 0 Å². The molecule has 0 aromatic heterocycles. The molecule has 0 aliphatic carbocycles. The van der Waals surface area contributed by atoms with Crippen LogP contribution < -0.4 is 4.72 Å². The van der Waals surface area contributed by atoms with E-state index in [1.165, 1.54) is 6.07 Å². The summed E-state index contributed by atoms with van der Waals surface area (Å²) in [5, 5.41) is 17.3. The van der Waals surface area contributed by atoms with Gasteiger partial charge in [-0.25, -0.2) is 12.8 Å². The lowest BCUT2D eigenvalue weighted by Gasteiger charge is -2.12. The molecule has 0 bridgehead atoms. The second-order valence-electron chi connectivity index (χ2n) is 3.27. The molecule has 0 saturated heterocycles. The maximum absolute atomic E-state index is 13.2. The third-order valence-electron chi connectivity index (χ3n) is 1.98. The Balaban J connectivity index is 3.06. The number of hydrogen-bond donors (Lipinski definition) is 3. The molecule has 0 heterocycles. The van der Waals surface area contributed by atoms with Crippen LogP contribution in [-0.4, -0.2) is 37.2 Å². The zero-order chi connectivity index (χ0) is 13.9. The minimum Gasteiger partial charge on any atom is -0.480 e. The van der Waals surface area contributed by atoms with Crippen molar-refractivity contribution in [1.82, 2.24) is 4.72 Å². The van der Waals surface area contributed by atoms with Gasteiger partial charge in [0.15, 0.2) is 0 Å². The lowest BCUT2D eigenvalue weighted by Crippen LogP contribution is -2.43. The summed E-state index contributed by atoms with van der Waals surface area (Å²) in [6, 6.07) is 1.34. The van der Waals surface area contributed by atoms with E-state index in [1.807, 2.05) is 0 Å². The first-order valence-electron chi connectivity index (χ1n) is 4.59. The number of rotatable bonds is 5. The first-order valence-corrected chi connectivity index (χ1v) is 6.86. The highest BCUT2D eigenvalue weighted by atomic mass is 79.9. The van der Waals surface area contributed by atoms with E-state index in [4.69, 9.17) is 10.2 Å². The molecule has 3 N–H and O–H groups in total. The van der Waals surface area contributed by atoms with Gasteiger partial charge in [0.25, 0.3) is 0 Å². The van der Waals surface area contributed by atoms with Crippen molar-refractivity contribution in [1.29, 1.82) is 0 Å². The monoisotopic (exact) mass is 341 g/mol. The number of benzene rings is 1. The fourth-order valence-electron chi connectivity index (χ4n) is 1.07. The summed E-state index contributed by atoms with van der Waals surface area (Å²) in [5.74, 6) is -2.33. The molecule has 0 spiro atoms. The van der Waals surface area contributed by atoms with Crippen LogP contribution in [0.15, 0.2) is 27.6 Å². The van der Waals surface area contributed by atoms with Gasteiger partial charge in [-0.2, -0.15) is 4.72 Å². The largest absolute Gasteiger partial charge is 0.480 e. The van der Waals surface area contributed by atoms with Crippen LogP contribution in [0.4, 0.5) is 4.39 Å². The van der Waals surface area contributed by atoms with Crippen LogP contribution >= 0.6 is 15.9 Å². The van der Waals surface area contributed by atoms with Gasteiger partial charge in [0.2, 0.25) is 10.0 Å². The van der Waals surface area contributed by atoms with Crippen LogP contribution in [0.3, 0.4) is 0 Å². The fraction of sp³-hybridized carbons (Fsp3) is 0.222. The Kier molecular flexibility index (Phi) is 4.79. The predicted octanol–water partition coefficient (Wildman–Crippen LogP) is 0.312. The molecule has 0 radical (unpaired) electrons. The molecule has 1 rings (SSSR count). The predicted molar refractivity (Wildman–Crippen MR) is 62.9 cm³/mol. The number of sulfonamides is 1. The Labute approximate surface area is 111 Å². The van der Waals surface area contributed by atoms with Gasteiger partial charge in [0, 0.05) is 0 Å². The lowest BCUT2D eigenvalue weighted by molar-refractivity contribution is -0.139. The van der Waals surface area contributed by atoms with Crippen molar-refractivity contribution < 1.29 is 27.8 Å². The minimum atomic E-state index is -4.21. The van der Waals surface area contributed by atoms with Gasteiger partial charge in [0.05, 0.1) is 16.0 Å². The van der Waals surface area contributed by atoms with Crippen molar-refractivity contribution in [3.8, 4) is 0 Å². The number of aliphatic carboxylic acids is 1. The fourth-order valence-corrected chi connectivity index (χ4v) is 2.50. The topological polar surface area (TPSA) is 104 Å². The Bertz CT molecular complexity index is 562. The van der Waals surface area contributed by atoms with Crippen LogP contribution in [0.2, 0.25) is 0 Å². The number of carboxylic acids is 1. The number of hydrogen-bond acceptors (Lipinski definition) is 4. The molecule has 100 valence electrons. The van der Waals surface area contributed by atoms with Crippen LogP contribution in [0.25, 0.3) is 0 Å². The molecular formula is C9H9BrFNO5S. The number of halogens is 2. The smallest absolute Gasteiger partial charge is 0.324 e. The molecular weight excluding hydrogens is 333 g/mol. The second kappa shape index (κ2) is 5.74. The number of nitrogens with one attached hydrogen (secondary N) is 1. The number of carboxylic acid groups (broad SMARTS) is 1. The zero-order valence-corrected chi connectivity index (χ0v) is 11.2. The lowest BCUT2D eigenvalue weighted by atomic mass is 10.3. The van der Waals surface area contributed by atoms with Crippen molar-refractivity contribution in [3.63, 3.8) is 0 Å². The molecule has 1 aromatic carbocycles. The maximum atomic E-state index is 13.2. The third-order valence-corrected chi connectivity index (χ3v) is 4.09. The molecule has 1 unspecified atom stereocenters. The van der Waals surface area contributed by atoms with E-state index >= 15 is 0 Å². The Morgan fingerprint density at radius 1 is 1.50 bits per heavy atom. The maximum Gasteiger partial charge on any atom is 0.324 e. The van der Waals surface area contributed by atoms with E-state index in [0.29, 0.717) is 0 Å². The van der Waals surface area contributed by atoms with Crippen LogP contribution in [0.5, 0.6) is 0 Å². The van der Waals surface area contributed by atoms with E-state index in [-0.39, 0.29) is 4.47 Å². The first kappa shape index (κ1) is 15.0. The van der Waals surface area contributed by atoms with E-state index < -0.39 is 39.4 Å². The third kappa shape index (κ3) is 3.48. The van der Waals surface area contributed by atoms with E-state index in [1.54, 1.807) is 4.72 Å². The summed E-state index contributed by atoms with van der Waals surface area (Å²) in [4.78, 5) is 10.2. The molecule has 0 saturated carbocycles. The van der Waals surface area contributed by atoms with Crippen molar-refractivity contribution in [2.45, 2.75) is 10.9 Å². The van der Waals surface area contributed by atoms with Gasteiger partial charge in [-0.3, -0.25) is 4.79 Å². The number of carbonyl (C=O) groups is 1. The van der Waals surface area contributed by atoms with Gasteiger partial charge in [0.1, 0.15) is 11.9 Å².